The molecule has 0 aliphatic carbocycles. The van der Waals surface area contributed by atoms with E-state index in [1.807, 2.05) is 93.6 Å². The summed E-state index contributed by atoms with van der Waals surface area (Å²) in [6.45, 7) is 6.27. The van der Waals surface area contributed by atoms with Gasteiger partial charge in [0, 0.05) is 40.9 Å². The van der Waals surface area contributed by atoms with Crippen LogP contribution < -0.4 is 5.32 Å². The molecule has 6 heteroatoms. The fourth-order valence-corrected chi connectivity index (χ4v) is 5.02. The molecule has 0 fully saturated rings. The summed E-state index contributed by atoms with van der Waals surface area (Å²) in [4.78, 5) is 29.0. The van der Waals surface area contributed by atoms with Crippen molar-refractivity contribution in [3.63, 3.8) is 0 Å². The van der Waals surface area contributed by atoms with Crippen LogP contribution in [0, 0.1) is 0 Å². The number of thioether (sulfide) groups is 1. The lowest BCUT2D eigenvalue weighted by atomic mass is 10.0. The molecule has 3 rings (SSSR count). The first kappa shape index (κ1) is 28.0. The number of nitrogens with zero attached hydrogens (tertiary/aromatic N) is 1. The van der Waals surface area contributed by atoms with E-state index in [0.717, 1.165) is 21.4 Å². The number of amides is 2. The van der Waals surface area contributed by atoms with Gasteiger partial charge in [-0.25, -0.2) is 0 Å². The van der Waals surface area contributed by atoms with Gasteiger partial charge in [0.15, 0.2) is 0 Å². The van der Waals surface area contributed by atoms with Crippen LogP contribution in [-0.4, -0.2) is 34.0 Å². The Hall–Kier alpha value is -2.57. The first-order valence-electron chi connectivity index (χ1n) is 12.2. The third-order valence-corrected chi connectivity index (χ3v) is 7.17. The normalized spacial score (nSPS) is 12.1. The number of halogens is 1. The van der Waals surface area contributed by atoms with E-state index >= 15 is 0 Å². The molecule has 0 aliphatic heterocycles. The summed E-state index contributed by atoms with van der Waals surface area (Å²) in [5, 5.41) is 3.11. The van der Waals surface area contributed by atoms with Crippen LogP contribution in [0.5, 0.6) is 0 Å². The second kappa shape index (κ2) is 13.7. The fraction of sp³-hybridized carbons (Fsp3) is 0.333. The van der Waals surface area contributed by atoms with Gasteiger partial charge >= 0.3 is 0 Å². The number of carbonyl (C=O) groups excluding carboxylic acids is 2. The average molecular weight is 568 g/mol. The van der Waals surface area contributed by atoms with Gasteiger partial charge in [0.1, 0.15) is 6.04 Å². The molecule has 36 heavy (non-hydrogen) atoms. The molecular weight excluding hydrogens is 532 g/mol. The fourth-order valence-electron chi connectivity index (χ4n) is 3.86. The molecular formula is C30H35BrN2O2S. The van der Waals surface area contributed by atoms with E-state index in [2.05, 4.69) is 33.4 Å². The van der Waals surface area contributed by atoms with Gasteiger partial charge in [-0.05, 0) is 49.6 Å². The van der Waals surface area contributed by atoms with Crippen LogP contribution in [0.2, 0.25) is 0 Å². The largest absolute Gasteiger partial charge is 0.350 e. The number of hydrogen-bond acceptors (Lipinski definition) is 3. The molecule has 0 heterocycles. The highest BCUT2D eigenvalue weighted by molar-refractivity contribution is 9.10. The molecule has 0 saturated carbocycles. The molecule has 0 radical (unpaired) electrons. The maximum absolute atomic E-state index is 13.7. The van der Waals surface area contributed by atoms with Crippen molar-refractivity contribution in [2.24, 2.45) is 0 Å². The van der Waals surface area contributed by atoms with Gasteiger partial charge in [-0.15, -0.1) is 0 Å². The Balaban J connectivity index is 1.81. The number of rotatable bonds is 11. The minimum atomic E-state index is -0.609. The third kappa shape index (κ3) is 9.47. The van der Waals surface area contributed by atoms with Gasteiger partial charge < -0.3 is 10.2 Å². The van der Waals surface area contributed by atoms with Crippen molar-refractivity contribution in [1.29, 1.82) is 0 Å². The highest BCUT2D eigenvalue weighted by Crippen LogP contribution is 2.20. The Morgan fingerprint density at radius 2 is 1.44 bits per heavy atom. The molecule has 0 unspecified atom stereocenters. The number of hydrogen-bond donors (Lipinski definition) is 1. The quantitative estimate of drug-likeness (QED) is 0.265. The molecule has 3 aromatic carbocycles. The van der Waals surface area contributed by atoms with Gasteiger partial charge in [-0.2, -0.15) is 11.8 Å². The Morgan fingerprint density at radius 3 is 2.03 bits per heavy atom. The van der Waals surface area contributed by atoms with Gasteiger partial charge in [0.25, 0.3) is 0 Å². The van der Waals surface area contributed by atoms with E-state index in [9.17, 15) is 9.59 Å². The van der Waals surface area contributed by atoms with Crippen LogP contribution >= 0.6 is 27.7 Å². The van der Waals surface area contributed by atoms with Crippen molar-refractivity contribution in [2.75, 3.05) is 5.75 Å². The molecule has 0 aromatic heterocycles. The van der Waals surface area contributed by atoms with Crippen LogP contribution in [-0.2, 0) is 28.3 Å². The van der Waals surface area contributed by atoms with Crippen molar-refractivity contribution < 1.29 is 9.59 Å². The molecule has 0 saturated heterocycles. The van der Waals surface area contributed by atoms with Crippen LogP contribution in [0.3, 0.4) is 0 Å². The SMILES string of the molecule is CC(C)(C)NC(=O)[C@H](Cc1ccccc1)N(Cc1ccc(Br)cc1)C(=O)CCSCc1ccccc1. The van der Waals surface area contributed by atoms with E-state index in [-0.39, 0.29) is 11.8 Å². The van der Waals surface area contributed by atoms with Crippen LogP contribution in [0.25, 0.3) is 0 Å². The maximum atomic E-state index is 13.7. The van der Waals surface area contributed by atoms with Crippen molar-refractivity contribution >= 4 is 39.5 Å². The zero-order valence-corrected chi connectivity index (χ0v) is 23.6. The van der Waals surface area contributed by atoms with Crippen LogP contribution in [0.1, 0.15) is 43.9 Å². The highest BCUT2D eigenvalue weighted by atomic mass is 79.9. The van der Waals surface area contributed by atoms with Gasteiger partial charge in [-0.1, -0.05) is 88.7 Å². The van der Waals surface area contributed by atoms with Gasteiger partial charge in [0.2, 0.25) is 11.8 Å². The van der Waals surface area contributed by atoms with E-state index in [0.29, 0.717) is 25.1 Å². The lowest BCUT2D eigenvalue weighted by Gasteiger charge is -2.34. The lowest BCUT2D eigenvalue weighted by molar-refractivity contribution is -0.141. The average Bonchev–Trinajstić information content (AvgIpc) is 2.85. The predicted molar refractivity (Wildman–Crippen MR) is 154 cm³/mol. The summed E-state index contributed by atoms with van der Waals surface area (Å²) in [6, 6.07) is 27.5. The van der Waals surface area contributed by atoms with Crippen LogP contribution in [0.15, 0.2) is 89.4 Å². The number of benzene rings is 3. The van der Waals surface area contributed by atoms with Crippen LogP contribution in [0.4, 0.5) is 0 Å². The molecule has 2 amide bonds. The molecule has 0 bridgehead atoms. The zero-order chi connectivity index (χ0) is 26.0. The van der Waals surface area contributed by atoms with Crippen molar-refractivity contribution in [1.82, 2.24) is 10.2 Å². The first-order chi connectivity index (χ1) is 17.2. The summed E-state index contributed by atoms with van der Waals surface area (Å²) < 4.78 is 0.979. The Bertz CT molecular complexity index is 1100. The summed E-state index contributed by atoms with van der Waals surface area (Å²) >= 11 is 5.22. The lowest BCUT2D eigenvalue weighted by Crippen LogP contribution is -2.54. The molecule has 3 aromatic rings. The highest BCUT2D eigenvalue weighted by Gasteiger charge is 2.32. The minimum absolute atomic E-state index is 0.0107. The van der Waals surface area contributed by atoms with E-state index in [1.54, 1.807) is 16.7 Å². The first-order valence-corrected chi connectivity index (χ1v) is 14.2. The van der Waals surface area contributed by atoms with E-state index in [4.69, 9.17) is 0 Å². The van der Waals surface area contributed by atoms with Crippen molar-refractivity contribution in [3.8, 4) is 0 Å². The topological polar surface area (TPSA) is 49.4 Å². The number of nitrogens with one attached hydrogen (secondary N) is 1. The predicted octanol–water partition coefficient (Wildman–Crippen LogP) is 6.63. The standard InChI is InChI=1S/C30H35BrN2O2S/c1-30(2,3)32-29(35)27(20-23-10-6-4-7-11-23)33(21-24-14-16-26(31)17-15-24)28(34)18-19-36-22-25-12-8-5-9-13-25/h4-17,27H,18-22H2,1-3H3,(H,32,35)/t27-/m0/s1. The molecule has 0 aliphatic rings. The monoisotopic (exact) mass is 566 g/mol. The molecule has 4 nitrogen and oxygen atoms in total. The number of carbonyl (C=O) groups is 2. The second-order valence-corrected chi connectivity index (χ2v) is 11.9. The molecule has 1 N–H and O–H groups in total. The summed E-state index contributed by atoms with van der Waals surface area (Å²) in [5.41, 5.74) is 2.86. The molecule has 0 spiro atoms. The summed E-state index contributed by atoms with van der Waals surface area (Å²) in [6.07, 6.45) is 0.838. The zero-order valence-electron chi connectivity index (χ0n) is 21.2. The molecule has 190 valence electrons. The Labute approximate surface area is 228 Å². The van der Waals surface area contributed by atoms with Crippen molar-refractivity contribution in [3.05, 3.63) is 106 Å². The van der Waals surface area contributed by atoms with E-state index in [1.165, 1.54) is 5.56 Å². The third-order valence-electron chi connectivity index (χ3n) is 5.61. The molecule has 1 atom stereocenters. The van der Waals surface area contributed by atoms with Gasteiger partial charge in [0.05, 0.1) is 0 Å². The maximum Gasteiger partial charge on any atom is 0.243 e. The Morgan fingerprint density at radius 1 is 0.861 bits per heavy atom. The summed E-state index contributed by atoms with van der Waals surface area (Å²) in [7, 11) is 0. The summed E-state index contributed by atoms with van der Waals surface area (Å²) in [5.74, 6) is 1.42. The second-order valence-electron chi connectivity index (χ2n) is 9.88. The Kier molecular flexibility index (Phi) is 10.6. The van der Waals surface area contributed by atoms with Crippen molar-refractivity contribution in [2.45, 2.75) is 57.5 Å². The van der Waals surface area contributed by atoms with E-state index < -0.39 is 11.6 Å². The minimum Gasteiger partial charge on any atom is -0.350 e. The smallest absolute Gasteiger partial charge is 0.243 e. The van der Waals surface area contributed by atoms with Gasteiger partial charge in [-0.3, -0.25) is 9.59 Å².